The maximum absolute atomic E-state index is 11.5. The van der Waals surface area contributed by atoms with E-state index in [0.717, 1.165) is 10.2 Å². The molecule has 0 aromatic heterocycles. The van der Waals surface area contributed by atoms with Crippen LogP contribution in [0.25, 0.3) is 0 Å². The Morgan fingerprint density at radius 3 is 2.12 bits per heavy atom. The fourth-order valence-corrected chi connectivity index (χ4v) is 2.11. The third kappa shape index (κ3) is 3.41. The molecule has 0 heterocycles. The first-order valence-corrected chi connectivity index (χ1v) is 6.40. The minimum atomic E-state index is -1.49. The van der Waals surface area contributed by atoms with Crippen LogP contribution in [-0.4, -0.2) is 49.6 Å². The summed E-state index contributed by atoms with van der Waals surface area (Å²) in [6.07, 6.45) is -0.447. The predicted molar refractivity (Wildman–Crippen MR) is 63.2 cm³/mol. The molecule has 0 aliphatic carbocycles. The molecule has 0 aromatic rings. The summed E-state index contributed by atoms with van der Waals surface area (Å²) in [7, 11) is 5.19. The van der Waals surface area contributed by atoms with Crippen LogP contribution < -0.4 is 0 Å². The lowest BCUT2D eigenvalue weighted by molar-refractivity contribution is -0.377. The zero-order chi connectivity index (χ0) is 12.8. The largest absolute Gasteiger partial charge is 0.402 e. The van der Waals surface area contributed by atoms with Crippen molar-refractivity contribution in [2.75, 3.05) is 21.3 Å². The lowest BCUT2D eigenvalue weighted by Crippen LogP contribution is -2.50. The Hall–Kier alpha value is -0.693. The Balaban J connectivity index is 4.93. The van der Waals surface area contributed by atoms with Gasteiger partial charge in [0.2, 0.25) is 0 Å². The van der Waals surface area contributed by atoms with Crippen LogP contribution in [0.15, 0.2) is 12.2 Å². The second kappa shape index (κ2) is 6.80. The number of hydrogen-bond donors (Lipinski definition) is 0. The van der Waals surface area contributed by atoms with Gasteiger partial charge in [-0.15, -0.1) is 0 Å². The van der Waals surface area contributed by atoms with Crippen molar-refractivity contribution in [3.05, 3.63) is 12.2 Å². The van der Waals surface area contributed by atoms with E-state index in [2.05, 4.69) is 6.58 Å². The highest BCUT2D eigenvalue weighted by atomic mass is 28.1. The van der Waals surface area contributed by atoms with Gasteiger partial charge in [0.1, 0.15) is 6.10 Å². The Morgan fingerprint density at radius 2 is 1.88 bits per heavy atom. The Labute approximate surface area is 99.1 Å². The summed E-state index contributed by atoms with van der Waals surface area (Å²) in [4.78, 5) is 11.5. The molecule has 0 fully saturated rings. The summed E-state index contributed by atoms with van der Waals surface area (Å²) in [5, 5.41) is 0. The molecule has 0 rings (SSSR count). The molecule has 1 atom stereocenters. The molecule has 0 amide bonds. The van der Waals surface area contributed by atoms with E-state index in [1.807, 2.05) is 0 Å². The molecular formula is C10H20O5Si. The summed E-state index contributed by atoms with van der Waals surface area (Å²) in [6.45, 7) is 5.06. The zero-order valence-corrected chi connectivity index (χ0v) is 12.5. The fourth-order valence-electron chi connectivity index (χ4n) is 1.27. The van der Waals surface area contributed by atoms with E-state index in [1.165, 1.54) is 21.3 Å². The lowest BCUT2D eigenvalue weighted by atomic mass is 10.3. The molecule has 0 N–H and O–H groups in total. The maximum Gasteiger partial charge on any atom is 0.356 e. The van der Waals surface area contributed by atoms with Crippen molar-refractivity contribution in [1.29, 1.82) is 0 Å². The molecule has 1 unspecified atom stereocenters. The van der Waals surface area contributed by atoms with E-state index in [1.54, 1.807) is 6.92 Å². The van der Waals surface area contributed by atoms with E-state index in [0.29, 0.717) is 6.04 Å². The molecule has 0 aliphatic rings. The van der Waals surface area contributed by atoms with E-state index < -0.39 is 18.0 Å². The van der Waals surface area contributed by atoms with Crippen LogP contribution in [0, 0.1) is 0 Å². The van der Waals surface area contributed by atoms with Crippen molar-refractivity contribution in [3.63, 3.8) is 0 Å². The van der Waals surface area contributed by atoms with Gasteiger partial charge in [0.25, 0.3) is 0 Å². The SMILES string of the molecule is C=C(C)C(=O)OC(OC)(OC)C(C[SiH3])OC. The molecule has 16 heavy (non-hydrogen) atoms. The third-order valence-corrected chi connectivity index (χ3v) is 2.94. The second-order valence-corrected chi connectivity index (χ2v) is 4.13. The topological polar surface area (TPSA) is 54.0 Å². The number of rotatable bonds is 7. The van der Waals surface area contributed by atoms with Gasteiger partial charge >= 0.3 is 11.9 Å². The monoisotopic (exact) mass is 248 g/mol. The van der Waals surface area contributed by atoms with Gasteiger partial charge in [0, 0.05) is 37.1 Å². The number of esters is 1. The van der Waals surface area contributed by atoms with Crippen LogP contribution in [0.1, 0.15) is 6.92 Å². The first-order chi connectivity index (χ1) is 7.47. The first kappa shape index (κ1) is 15.3. The molecule has 0 saturated carbocycles. The van der Waals surface area contributed by atoms with Gasteiger partial charge in [0.05, 0.1) is 0 Å². The van der Waals surface area contributed by atoms with E-state index in [4.69, 9.17) is 18.9 Å². The van der Waals surface area contributed by atoms with Gasteiger partial charge in [-0.2, -0.15) is 0 Å². The number of ether oxygens (including phenoxy) is 4. The van der Waals surface area contributed by atoms with Crippen LogP contribution in [-0.2, 0) is 23.7 Å². The average Bonchev–Trinajstić information content (AvgIpc) is 2.28. The number of carbonyl (C=O) groups excluding carboxylic acids is 1. The molecule has 94 valence electrons. The van der Waals surface area contributed by atoms with Crippen LogP contribution in [0.5, 0.6) is 0 Å². The third-order valence-electron chi connectivity index (χ3n) is 2.20. The molecule has 0 aliphatic heterocycles. The Morgan fingerprint density at radius 1 is 1.38 bits per heavy atom. The molecular weight excluding hydrogens is 228 g/mol. The highest BCUT2D eigenvalue weighted by Crippen LogP contribution is 2.24. The summed E-state index contributed by atoms with van der Waals surface area (Å²) in [5.74, 6) is -2.06. The minimum absolute atomic E-state index is 0.279. The van der Waals surface area contributed by atoms with Crippen LogP contribution in [0.2, 0.25) is 6.04 Å². The summed E-state index contributed by atoms with van der Waals surface area (Å²) < 4.78 is 20.6. The zero-order valence-electron chi connectivity index (χ0n) is 10.5. The molecule has 5 nitrogen and oxygen atoms in total. The minimum Gasteiger partial charge on any atom is -0.402 e. The van der Waals surface area contributed by atoms with E-state index >= 15 is 0 Å². The number of carbonyl (C=O) groups is 1. The molecule has 6 heteroatoms. The predicted octanol–water partition coefficient (Wildman–Crippen LogP) is -0.149. The van der Waals surface area contributed by atoms with Crippen molar-refractivity contribution >= 4 is 16.2 Å². The van der Waals surface area contributed by atoms with Crippen LogP contribution in [0.4, 0.5) is 0 Å². The highest BCUT2D eigenvalue weighted by Gasteiger charge is 2.43. The van der Waals surface area contributed by atoms with Crippen molar-refractivity contribution < 1.29 is 23.7 Å². The highest BCUT2D eigenvalue weighted by molar-refractivity contribution is 6.08. The van der Waals surface area contributed by atoms with Crippen molar-refractivity contribution in [3.8, 4) is 0 Å². The average molecular weight is 248 g/mol. The summed E-state index contributed by atoms with van der Waals surface area (Å²) in [5.41, 5.74) is 0.279. The molecule has 0 radical (unpaired) electrons. The molecule has 0 spiro atoms. The van der Waals surface area contributed by atoms with Gasteiger partial charge in [-0.25, -0.2) is 4.79 Å². The van der Waals surface area contributed by atoms with Crippen LogP contribution >= 0.6 is 0 Å². The number of hydrogen-bond acceptors (Lipinski definition) is 5. The Bertz CT molecular complexity index is 246. The normalized spacial score (nSPS) is 13.5. The molecule has 0 aromatic carbocycles. The van der Waals surface area contributed by atoms with Crippen molar-refractivity contribution in [2.24, 2.45) is 0 Å². The maximum atomic E-state index is 11.5. The first-order valence-electron chi connectivity index (χ1n) is 4.99. The lowest BCUT2D eigenvalue weighted by Gasteiger charge is -2.35. The molecule has 0 saturated heterocycles. The fraction of sp³-hybridized carbons (Fsp3) is 0.700. The van der Waals surface area contributed by atoms with Gasteiger partial charge in [0.15, 0.2) is 0 Å². The van der Waals surface area contributed by atoms with E-state index in [-0.39, 0.29) is 5.57 Å². The van der Waals surface area contributed by atoms with Gasteiger partial charge in [-0.05, 0) is 13.0 Å². The summed E-state index contributed by atoms with van der Waals surface area (Å²) >= 11 is 0. The van der Waals surface area contributed by atoms with E-state index in [9.17, 15) is 4.79 Å². The van der Waals surface area contributed by atoms with Crippen molar-refractivity contribution in [2.45, 2.75) is 25.0 Å². The van der Waals surface area contributed by atoms with Gasteiger partial charge < -0.3 is 18.9 Å². The van der Waals surface area contributed by atoms with Crippen LogP contribution in [0.3, 0.4) is 0 Å². The van der Waals surface area contributed by atoms with Gasteiger partial charge in [-0.1, -0.05) is 6.58 Å². The van der Waals surface area contributed by atoms with Gasteiger partial charge in [-0.3, -0.25) is 0 Å². The second-order valence-electron chi connectivity index (χ2n) is 3.31. The number of methoxy groups -OCH3 is 3. The standard InChI is InChI=1S/C10H20O5Si/c1-7(2)9(11)15-10(13-4,14-5)8(6-16)12-3/h8H,1,6H2,2-5,16H3. The Kier molecular flexibility index (Phi) is 6.50. The smallest absolute Gasteiger partial charge is 0.356 e. The molecule has 0 bridgehead atoms. The van der Waals surface area contributed by atoms with Crippen molar-refractivity contribution in [1.82, 2.24) is 0 Å². The quantitative estimate of drug-likeness (QED) is 0.271. The summed E-state index contributed by atoms with van der Waals surface area (Å²) in [6, 6.07) is 0.710.